The lowest BCUT2D eigenvalue weighted by Gasteiger charge is -2.39. The molecule has 2 aromatic rings. The summed E-state index contributed by atoms with van der Waals surface area (Å²) in [5.41, 5.74) is 2.22. The molecule has 0 bridgehead atoms. The molecule has 0 spiro atoms. The zero-order chi connectivity index (χ0) is 28.0. The topological polar surface area (TPSA) is 80.3 Å². The van der Waals surface area contributed by atoms with Crippen LogP contribution in [-0.2, 0) is 9.53 Å². The molecule has 1 aromatic heterocycles. The number of hydrogen-bond donors (Lipinski definition) is 1. The first kappa shape index (κ1) is 28.5. The van der Waals surface area contributed by atoms with Crippen LogP contribution >= 0.6 is 11.8 Å². The lowest BCUT2D eigenvalue weighted by molar-refractivity contribution is -0.134. The van der Waals surface area contributed by atoms with Crippen LogP contribution in [0.15, 0.2) is 35.5 Å². The molecular formula is C30H44N8O2S. The van der Waals surface area contributed by atoms with E-state index in [1.807, 2.05) is 12.3 Å². The number of likely N-dealkylation sites (tertiary alicyclic amines) is 2. The first-order chi connectivity index (χ1) is 20.1. The molecular weight excluding hydrogens is 536 g/mol. The number of piperidine rings is 1. The normalized spacial score (nSPS) is 21.4. The van der Waals surface area contributed by atoms with Crippen molar-refractivity contribution in [3.05, 3.63) is 30.3 Å². The maximum absolute atomic E-state index is 13.1. The summed E-state index contributed by atoms with van der Waals surface area (Å²) in [5, 5.41) is 4.24. The maximum Gasteiger partial charge on any atom is 0.236 e. The number of morpholine rings is 1. The predicted octanol–water partition coefficient (Wildman–Crippen LogP) is 2.99. The Kier molecular flexibility index (Phi) is 9.45. The molecule has 222 valence electrons. The Labute approximate surface area is 248 Å². The highest BCUT2D eigenvalue weighted by molar-refractivity contribution is 7.98. The third-order valence-electron chi connectivity index (χ3n) is 8.92. The number of hydrogen-bond acceptors (Lipinski definition) is 10. The molecule has 1 aromatic carbocycles. The van der Waals surface area contributed by atoms with E-state index in [0.29, 0.717) is 12.6 Å². The van der Waals surface area contributed by atoms with Crippen molar-refractivity contribution < 1.29 is 9.53 Å². The van der Waals surface area contributed by atoms with Crippen LogP contribution in [0.4, 0.5) is 23.0 Å². The van der Waals surface area contributed by atoms with Gasteiger partial charge in [-0.25, -0.2) is 9.97 Å². The number of piperazine rings is 1. The predicted molar refractivity (Wildman–Crippen MR) is 166 cm³/mol. The zero-order valence-corrected chi connectivity index (χ0v) is 25.2. The summed E-state index contributed by atoms with van der Waals surface area (Å²) in [5.74, 6) is 2.02. The molecule has 0 unspecified atom stereocenters. The van der Waals surface area contributed by atoms with Crippen molar-refractivity contribution in [1.82, 2.24) is 24.7 Å². The van der Waals surface area contributed by atoms with Gasteiger partial charge in [-0.1, -0.05) is 11.8 Å². The van der Waals surface area contributed by atoms with E-state index in [-0.39, 0.29) is 5.91 Å². The highest BCUT2D eigenvalue weighted by Crippen LogP contribution is 2.26. The first-order valence-corrected chi connectivity index (χ1v) is 16.5. The van der Waals surface area contributed by atoms with E-state index in [2.05, 4.69) is 54.1 Å². The SMILES string of the molecule is CSc1nc(Nc2ccc(N3CCOCC3)cc2)cc(N2CCN(CC(=O)N3CCC(N4CCCC4)CC3)CC2)n1. The first-order valence-electron chi connectivity index (χ1n) is 15.3. The van der Waals surface area contributed by atoms with E-state index in [1.165, 1.54) is 31.6 Å². The van der Waals surface area contributed by atoms with Crippen LogP contribution in [0.25, 0.3) is 0 Å². The fraction of sp³-hybridized carbons (Fsp3) is 0.633. The van der Waals surface area contributed by atoms with E-state index in [4.69, 9.17) is 14.7 Å². The number of carbonyl (C=O) groups is 1. The zero-order valence-electron chi connectivity index (χ0n) is 24.3. The molecule has 41 heavy (non-hydrogen) atoms. The molecule has 6 rings (SSSR count). The van der Waals surface area contributed by atoms with Crippen LogP contribution in [0.5, 0.6) is 0 Å². The number of rotatable bonds is 8. The summed E-state index contributed by atoms with van der Waals surface area (Å²) < 4.78 is 5.48. The minimum absolute atomic E-state index is 0.288. The van der Waals surface area contributed by atoms with Crippen molar-refractivity contribution in [3.8, 4) is 0 Å². The van der Waals surface area contributed by atoms with Gasteiger partial charge in [0.2, 0.25) is 5.91 Å². The summed E-state index contributed by atoms with van der Waals surface area (Å²) in [7, 11) is 0. The third-order valence-corrected chi connectivity index (χ3v) is 9.47. The number of benzene rings is 1. The number of anilines is 4. The van der Waals surface area contributed by atoms with E-state index >= 15 is 0 Å². The van der Waals surface area contributed by atoms with Gasteiger partial charge in [-0.15, -0.1) is 0 Å². The van der Waals surface area contributed by atoms with Gasteiger partial charge in [-0.3, -0.25) is 9.69 Å². The molecule has 0 saturated carbocycles. The number of carbonyl (C=O) groups excluding carboxylic acids is 1. The largest absolute Gasteiger partial charge is 0.378 e. The lowest BCUT2D eigenvalue weighted by Crippen LogP contribution is -2.52. The standard InChI is InChI=1S/C30H44N8O2S/c1-41-30-32-27(31-24-4-6-25(7-5-24)36-18-20-40-21-19-36)22-28(33-30)37-16-14-34(15-17-37)23-29(39)38-12-8-26(9-13-38)35-10-2-3-11-35/h4-7,22,26H,2-3,8-21,23H2,1H3,(H,31,32,33). The minimum atomic E-state index is 0.288. The van der Waals surface area contributed by atoms with Gasteiger partial charge >= 0.3 is 0 Å². The van der Waals surface area contributed by atoms with Crippen LogP contribution < -0.4 is 15.1 Å². The molecule has 11 heteroatoms. The Balaban J connectivity index is 1.00. The second kappa shape index (κ2) is 13.6. The lowest BCUT2D eigenvalue weighted by atomic mass is 10.0. The highest BCUT2D eigenvalue weighted by Gasteiger charge is 2.29. The Bertz CT molecular complexity index is 1140. The highest BCUT2D eigenvalue weighted by atomic mass is 32.2. The van der Waals surface area contributed by atoms with E-state index in [9.17, 15) is 4.79 Å². The molecule has 4 aliphatic rings. The average Bonchev–Trinajstić information content (AvgIpc) is 3.57. The van der Waals surface area contributed by atoms with Crippen LogP contribution in [0, 0.1) is 0 Å². The van der Waals surface area contributed by atoms with Gasteiger partial charge in [-0.05, 0) is 69.3 Å². The van der Waals surface area contributed by atoms with E-state index < -0.39 is 0 Å². The van der Waals surface area contributed by atoms with Crippen LogP contribution in [-0.4, -0.2) is 128 Å². The Hall–Kier alpha value is -2.60. The monoisotopic (exact) mass is 580 g/mol. The summed E-state index contributed by atoms with van der Waals surface area (Å²) >= 11 is 1.55. The molecule has 0 aliphatic carbocycles. The molecule has 1 N–H and O–H groups in total. The number of amides is 1. The van der Waals surface area contributed by atoms with Crippen molar-refractivity contribution in [1.29, 1.82) is 0 Å². The summed E-state index contributed by atoms with van der Waals surface area (Å²) in [6.07, 6.45) is 6.93. The van der Waals surface area contributed by atoms with Crippen molar-refractivity contribution in [2.75, 3.05) is 107 Å². The molecule has 5 heterocycles. The van der Waals surface area contributed by atoms with E-state index in [0.717, 1.165) is 101 Å². The number of nitrogens with zero attached hydrogens (tertiary/aromatic N) is 7. The number of nitrogens with one attached hydrogen (secondary N) is 1. The summed E-state index contributed by atoms with van der Waals surface area (Å²) in [4.78, 5) is 34.3. The molecule has 1 amide bonds. The van der Waals surface area contributed by atoms with Gasteiger partial charge in [0.25, 0.3) is 0 Å². The van der Waals surface area contributed by atoms with Gasteiger partial charge < -0.3 is 29.7 Å². The number of thioether (sulfide) groups is 1. The van der Waals surface area contributed by atoms with Gasteiger partial charge in [-0.2, -0.15) is 0 Å². The van der Waals surface area contributed by atoms with Crippen LogP contribution in [0.2, 0.25) is 0 Å². The van der Waals surface area contributed by atoms with Crippen molar-refractivity contribution in [3.63, 3.8) is 0 Å². The van der Waals surface area contributed by atoms with Crippen molar-refractivity contribution >= 4 is 40.7 Å². The van der Waals surface area contributed by atoms with Crippen LogP contribution in [0.3, 0.4) is 0 Å². The molecule has 4 aliphatic heterocycles. The molecule has 0 radical (unpaired) electrons. The summed E-state index contributed by atoms with van der Waals surface area (Å²) in [6, 6.07) is 11.2. The van der Waals surface area contributed by atoms with Crippen molar-refractivity contribution in [2.45, 2.75) is 36.9 Å². The molecule has 4 fully saturated rings. The molecule has 0 atom stereocenters. The van der Waals surface area contributed by atoms with Gasteiger partial charge in [0, 0.05) is 75.8 Å². The quantitative estimate of drug-likeness (QED) is 0.372. The van der Waals surface area contributed by atoms with E-state index in [1.54, 1.807) is 11.8 Å². The van der Waals surface area contributed by atoms with Gasteiger partial charge in [0.1, 0.15) is 11.6 Å². The van der Waals surface area contributed by atoms with Gasteiger partial charge in [0.15, 0.2) is 5.16 Å². The second-order valence-corrected chi connectivity index (χ2v) is 12.3. The molecule has 10 nitrogen and oxygen atoms in total. The fourth-order valence-corrected chi connectivity index (χ4v) is 6.84. The Morgan fingerprint density at radius 2 is 1.61 bits per heavy atom. The number of aromatic nitrogens is 2. The third kappa shape index (κ3) is 7.25. The Morgan fingerprint density at radius 3 is 2.29 bits per heavy atom. The van der Waals surface area contributed by atoms with Gasteiger partial charge in [0.05, 0.1) is 19.8 Å². The summed E-state index contributed by atoms with van der Waals surface area (Å²) in [6.45, 7) is 11.7. The van der Waals surface area contributed by atoms with Crippen molar-refractivity contribution in [2.24, 2.45) is 0 Å². The smallest absolute Gasteiger partial charge is 0.236 e. The fourth-order valence-electron chi connectivity index (χ4n) is 6.47. The average molecular weight is 581 g/mol. The minimum Gasteiger partial charge on any atom is -0.378 e. The Morgan fingerprint density at radius 1 is 0.902 bits per heavy atom. The molecule has 4 saturated heterocycles. The van der Waals surface area contributed by atoms with Crippen LogP contribution in [0.1, 0.15) is 25.7 Å². The number of ether oxygens (including phenoxy) is 1. The maximum atomic E-state index is 13.1. The second-order valence-electron chi connectivity index (χ2n) is 11.5.